The number of benzene rings is 1. The molecule has 1 aliphatic rings. The van der Waals surface area contributed by atoms with Gasteiger partial charge in [-0.3, -0.25) is 4.31 Å². The highest BCUT2D eigenvalue weighted by atomic mass is 35.5. The minimum absolute atomic E-state index is 0.394. The fraction of sp³-hybridized carbons (Fsp3) is 0.538. The van der Waals surface area contributed by atoms with Crippen LogP contribution in [-0.2, 0) is 10.2 Å². The van der Waals surface area contributed by atoms with Crippen LogP contribution in [0, 0.1) is 5.92 Å². The molecule has 5 nitrogen and oxygen atoms in total. The molecule has 112 valence electrons. The van der Waals surface area contributed by atoms with Crippen molar-refractivity contribution in [1.29, 1.82) is 0 Å². The van der Waals surface area contributed by atoms with Crippen molar-refractivity contribution in [3.05, 3.63) is 23.2 Å². The second-order valence-corrected chi connectivity index (χ2v) is 7.66. The molecule has 1 aromatic rings. The molecule has 1 aliphatic heterocycles. The van der Waals surface area contributed by atoms with E-state index < -0.39 is 10.2 Å². The molecule has 1 heterocycles. The van der Waals surface area contributed by atoms with Gasteiger partial charge in [-0.1, -0.05) is 18.5 Å². The maximum absolute atomic E-state index is 12.6. The first kappa shape index (κ1) is 15.4. The quantitative estimate of drug-likeness (QED) is 0.870. The highest BCUT2D eigenvalue weighted by Gasteiger charge is 2.31. The largest absolute Gasteiger partial charge is 0.397 e. The molecule has 1 saturated heterocycles. The Hall–Kier alpha value is -0.980. The molecule has 1 fully saturated rings. The van der Waals surface area contributed by atoms with Gasteiger partial charge in [-0.05, 0) is 37.0 Å². The summed E-state index contributed by atoms with van der Waals surface area (Å²) in [7, 11) is -2.04. The van der Waals surface area contributed by atoms with Crippen molar-refractivity contribution in [2.75, 3.05) is 30.2 Å². The number of hydrogen-bond acceptors (Lipinski definition) is 3. The molecule has 7 heteroatoms. The van der Waals surface area contributed by atoms with Gasteiger partial charge in [-0.15, -0.1) is 0 Å². The monoisotopic (exact) mass is 317 g/mol. The van der Waals surface area contributed by atoms with E-state index >= 15 is 0 Å². The Morgan fingerprint density at radius 2 is 1.95 bits per heavy atom. The minimum Gasteiger partial charge on any atom is -0.397 e. The predicted molar refractivity (Wildman–Crippen MR) is 83.2 cm³/mol. The van der Waals surface area contributed by atoms with Crippen LogP contribution in [0.1, 0.15) is 19.8 Å². The molecule has 0 saturated carbocycles. The minimum atomic E-state index is -3.55. The summed E-state index contributed by atoms with van der Waals surface area (Å²) < 4.78 is 27.9. The Balaban J connectivity index is 2.27. The maximum Gasteiger partial charge on any atom is 0.303 e. The van der Waals surface area contributed by atoms with Gasteiger partial charge >= 0.3 is 10.2 Å². The van der Waals surface area contributed by atoms with E-state index in [1.54, 1.807) is 18.2 Å². The molecule has 0 aliphatic carbocycles. The van der Waals surface area contributed by atoms with Gasteiger partial charge in [-0.25, -0.2) is 0 Å². The zero-order valence-electron chi connectivity index (χ0n) is 11.7. The number of piperidine rings is 1. The van der Waals surface area contributed by atoms with Crippen LogP contribution in [0.25, 0.3) is 0 Å². The average Bonchev–Trinajstić information content (AvgIpc) is 2.41. The Labute approximate surface area is 125 Å². The summed E-state index contributed by atoms with van der Waals surface area (Å²) in [6, 6.07) is 4.83. The second-order valence-electron chi connectivity index (χ2n) is 5.26. The molecule has 20 heavy (non-hydrogen) atoms. The number of anilines is 2. The third-order valence-electron chi connectivity index (χ3n) is 3.75. The fourth-order valence-electron chi connectivity index (χ4n) is 2.30. The first-order chi connectivity index (χ1) is 9.32. The molecule has 0 unspecified atom stereocenters. The lowest BCUT2D eigenvalue weighted by Gasteiger charge is -2.33. The first-order valence-corrected chi connectivity index (χ1v) is 8.39. The molecule has 1 aromatic carbocycles. The summed E-state index contributed by atoms with van der Waals surface area (Å²) in [6.45, 7) is 3.24. The molecule has 0 atom stereocenters. The maximum atomic E-state index is 12.6. The zero-order valence-corrected chi connectivity index (χ0v) is 13.3. The number of hydrogen-bond donors (Lipinski definition) is 1. The van der Waals surface area contributed by atoms with Crippen molar-refractivity contribution >= 4 is 33.2 Å². The second kappa shape index (κ2) is 5.79. The normalized spacial score (nSPS) is 18.1. The van der Waals surface area contributed by atoms with Crippen molar-refractivity contribution in [3.63, 3.8) is 0 Å². The summed E-state index contributed by atoms with van der Waals surface area (Å²) in [5.74, 6) is 0.572. The topological polar surface area (TPSA) is 66.6 Å². The lowest BCUT2D eigenvalue weighted by atomic mass is 10.0. The summed E-state index contributed by atoms with van der Waals surface area (Å²) in [5.41, 5.74) is 6.66. The first-order valence-electron chi connectivity index (χ1n) is 6.61. The summed E-state index contributed by atoms with van der Waals surface area (Å²) in [6.07, 6.45) is 1.77. The van der Waals surface area contributed by atoms with Crippen LogP contribution in [0.4, 0.5) is 11.4 Å². The van der Waals surface area contributed by atoms with Crippen molar-refractivity contribution in [3.8, 4) is 0 Å². The van der Waals surface area contributed by atoms with Gasteiger partial charge < -0.3 is 5.73 Å². The number of nitrogens with zero attached hydrogens (tertiary/aromatic N) is 2. The van der Waals surface area contributed by atoms with Crippen LogP contribution >= 0.6 is 11.6 Å². The molecular formula is C13H20ClN3O2S. The average molecular weight is 318 g/mol. The molecule has 0 amide bonds. The van der Waals surface area contributed by atoms with Gasteiger partial charge in [0.05, 0.1) is 11.4 Å². The highest BCUT2D eigenvalue weighted by Crippen LogP contribution is 2.30. The van der Waals surface area contributed by atoms with Gasteiger partial charge in [-0.2, -0.15) is 12.7 Å². The van der Waals surface area contributed by atoms with Crippen LogP contribution in [0.5, 0.6) is 0 Å². The number of nitrogens with two attached hydrogens (primary N) is 1. The lowest BCUT2D eigenvalue weighted by molar-refractivity contribution is 0.287. The summed E-state index contributed by atoms with van der Waals surface area (Å²) in [5, 5.41) is 0.462. The van der Waals surface area contributed by atoms with Gasteiger partial charge in [0.1, 0.15) is 0 Å². The van der Waals surface area contributed by atoms with Crippen molar-refractivity contribution in [2.45, 2.75) is 19.8 Å². The Kier molecular flexibility index (Phi) is 4.46. The molecular weight excluding hydrogens is 298 g/mol. The van der Waals surface area contributed by atoms with E-state index in [-0.39, 0.29) is 0 Å². The van der Waals surface area contributed by atoms with Gasteiger partial charge in [0.2, 0.25) is 0 Å². The van der Waals surface area contributed by atoms with E-state index in [4.69, 9.17) is 17.3 Å². The molecule has 0 spiro atoms. The van der Waals surface area contributed by atoms with E-state index in [1.165, 1.54) is 15.7 Å². The molecule has 2 N–H and O–H groups in total. The van der Waals surface area contributed by atoms with Gasteiger partial charge in [0.25, 0.3) is 0 Å². The lowest BCUT2D eigenvalue weighted by Crippen LogP contribution is -2.45. The Morgan fingerprint density at radius 1 is 1.35 bits per heavy atom. The van der Waals surface area contributed by atoms with Crippen LogP contribution in [0.2, 0.25) is 5.02 Å². The van der Waals surface area contributed by atoms with E-state index in [0.717, 1.165) is 12.8 Å². The third kappa shape index (κ3) is 3.02. The Bertz CT molecular complexity index is 583. The summed E-state index contributed by atoms with van der Waals surface area (Å²) >= 11 is 5.93. The SMILES string of the molecule is CC1CCN(S(=O)(=O)N(C)c2cc(Cl)ccc2N)CC1. The van der Waals surface area contributed by atoms with Crippen LogP contribution in [0.3, 0.4) is 0 Å². The number of nitrogen functional groups attached to an aromatic ring is 1. The van der Waals surface area contributed by atoms with E-state index in [0.29, 0.717) is 35.4 Å². The number of halogens is 1. The molecule has 2 rings (SSSR count). The van der Waals surface area contributed by atoms with Crippen molar-refractivity contribution in [2.24, 2.45) is 5.92 Å². The zero-order chi connectivity index (χ0) is 14.9. The number of rotatable bonds is 3. The van der Waals surface area contributed by atoms with Gasteiger partial charge in [0, 0.05) is 25.2 Å². The van der Waals surface area contributed by atoms with E-state index in [1.807, 2.05) is 0 Å². The molecule has 0 aromatic heterocycles. The summed E-state index contributed by atoms with van der Waals surface area (Å²) in [4.78, 5) is 0. The van der Waals surface area contributed by atoms with Crippen LogP contribution < -0.4 is 10.0 Å². The van der Waals surface area contributed by atoms with Gasteiger partial charge in [0.15, 0.2) is 0 Å². The molecule has 0 bridgehead atoms. The standard InChI is InChI=1S/C13H20ClN3O2S/c1-10-5-7-17(8-6-10)20(18,19)16(2)13-9-11(14)3-4-12(13)15/h3-4,9-10H,5-8,15H2,1-2H3. The fourth-order valence-corrected chi connectivity index (χ4v) is 3.89. The third-order valence-corrected chi connectivity index (χ3v) is 5.89. The smallest absolute Gasteiger partial charge is 0.303 e. The van der Waals surface area contributed by atoms with E-state index in [9.17, 15) is 8.42 Å². The molecule has 0 radical (unpaired) electrons. The van der Waals surface area contributed by atoms with Crippen molar-refractivity contribution < 1.29 is 8.42 Å². The van der Waals surface area contributed by atoms with Crippen LogP contribution in [0.15, 0.2) is 18.2 Å². The van der Waals surface area contributed by atoms with E-state index in [2.05, 4.69) is 6.92 Å². The Morgan fingerprint density at radius 3 is 2.55 bits per heavy atom. The predicted octanol–water partition coefficient (Wildman–Crippen LogP) is 2.34. The van der Waals surface area contributed by atoms with Crippen molar-refractivity contribution in [1.82, 2.24) is 4.31 Å². The van der Waals surface area contributed by atoms with Crippen LogP contribution in [-0.4, -0.2) is 32.9 Å². The highest BCUT2D eigenvalue weighted by molar-refractivity contribution is 7.90.